The van der Waals surface area contributed by atoms with Gasteiger partial charge in [-0.25, -0.2) is 9.59 Å². The lowest BCUT2D eigenvalue weighted by molar-refractivity contribution is -0.205. The Hall–Kier alpha value is -2.49. The standard InChI is InChI=1S/C19H22N2O7/c1-19(2)27-14-12(10-25-17(23)11-6-4-3-5-7-11)26-16(15(14)28-19)21-9-8-13(22)20-18(21)24/h3-7,12,14-16H,8-10H2,1-2H3,(H,20,22,24)/t12-,14-,15-,16-/m1/s1. The Bertz CT molecular complexity index is 782. The lowest BCUT2D eigenvalue weighted by Crippen LogP contribution is -2.56. The third kappa shape index (κ3) is 3.60. The van der Waals surface area contributed by atoms with Gasteiger partial charge in [-0.15, -0.1) is 0 Å². The van der Waals surface area contributed by atoms with Crippen molar-refractivity contribution < 1.29 is 33.3 Å². The highest BCUT2D eigenvalue weighted by atomic mass is 16.8. The molecule has 3 aliphatic rings. The molecule has 1 aromatic carbocycles. The first-order valence-corrected chi connectivity index (χ1v) is 9.18. The van der Waals surface area contributed by atoms with Crippen LogP contribution in [0.25, 0.3) is 0 Å². The van der Waals surface area contributed by atoms with Gasteiger partial charge in [0.15, 0.2) is 12.0 Å². The van der Waals surface area contributed by atoms with Crippen LogP contribution in [-0.2, 0) is 23.7 Å². The number of esters is 1. The lowest BCUT2D eigenvalue weighted by Gasteiger charge is -2.34. The molecule has 0 aromatic heterocycles. The number of ether oxygens (including phenoxy) is 4. The van der Waals surface area contributed by atoms with Crippen molar-refractivity contribution in [3.63, 3.8) is 0 Å². The molecule has 3 amide bonds. The molecular weight excluding hydrogens is 368 g/mol. The van der Waals surface area contributed by atoms with Crippen LogP contribution in [-0.4, -0.2) is 66.3 Å². The van der Waals surface area contributed by atoms with Crippen molar-refractivity contribution in [2.24, 2.45) is 0 Å². The molecule has 0 unspecified atom stereocenters. The molecule has 3 fully saturated rings. The van der Waals surface area contributed by atoms with Gasteiger partial charge in [0.1, 0.15) is 24.9 Å². The molecule has 4 atom stereocenters. The summed E-state index contributed by atoms with van der Waals surface area (Å²) < 4.78 is 23.3. The van der Waals surface area contributed by atoms with Crippen LogP contribution in [0.15, 0.2) is 30.3 Å². The summed E-state index contributed by atoms with van der Waals surface area (Å²) in [7, 11) is 0. The molecule has 1 N–H and O–H groups in total. The van der Waals surface area contributed by atoms with Gasteiger partial charge >= 0.3 is 12.0 Å². The molecule has 1 aromatic rings. The van der Waals surface area contributed by atoms with Gasteiger partial charge < -0.3 is 18.9 Å². The molecule has 0 radical (unpaired) electrons. The topological polar surface area (TPSA) is 103 Å². The fraction of sp³-hybridized carbons (Fsp3) is 0.526. The van der Waals surface area contributed by atoms with Crippen molar-refractivity contribution in [2.75, 3.05) is 13.2 Å². The molecular formula is C19H22N2O7. The number of imide groups is 1. The monoisotopic (exact) mass is 390 g/mol. The number of hydrogen-bond donors (Lipinski definition) is 1. The van der Waals surface area contributed by atoms with E-state index in [1.165, 1.54) is 4.90 Å². The Kier molecular flexibility index (Phi) is 4.82. The van der Waals surface area contributed by atoms with Gasteiger partial charge in [-0.2, -0.15) is 0 Å². The second kappa shape index (κ2) is 7.16. The smallest absolute Gasteiger partial charge is 0.338 e. The normalized spacial score (nSPS) is 31.4. The number of amides is 3. The van der Waals surface area contributed by atoms with Crippen LogP contribution in [0.4, 0.5) is 4.79 Å². The molecule has 0 saturated carbocycles. The van der Waals surface area contributed by atoms with Gasteiger partial charge in [-0.1, -0.05) is 18.2 Å². The lowest BCUT2D eigenvalue weighted by atomic mass is 10.1. The number of carbonyl (C=O) groups excluding carboxylic acids is 3. The van der Waals surface area contributed by atoms with Crippen LogP contribution in [0.5, 0.6) is 0 Å². The van der Waals surface area contributed by atoms with Crippen molar-refractivity contribution in [3.8, 4) is 0 Å². The van der Waals surface area contributed by atoms with E-state index in [0.29, 0.717) is 5.56 Å². The van der Waals surface area contributed by atoms with Crippen LogP contribution >= 0.6 is 0 Å². The molecule has 28 heavy (non-hydrogen) atoms. The Labute approximate surface area is 161 Å². The third-order valence-electron chi connectivity index (χ3n) is 4.91. The number of nitrogens with one attached hydrogen (secondary N) is 1. The van der Waals surface area contributed by atoms with Gasteiger partial charge in [0, 0.05) is 13.0 Å². The van der Waals surface area contributed by atoms with Gasteiger partial charge in [-0.05, 0) is 26.0 Å². The summed E-state index contributed by atoms with van der Waals surface area (Å²) in [6, 6.07) is 8.11. The number of carbonyl (C=O) groups is 3. The average molecular weight is 390 g/mol. The van der Waals surface area contributed by atoms with Crippen molar-refractivity contribution in [1.29, 1.82) is 0 Å². The SMILES string of the molecule is CC1(C)O[C@@H]2[C@H](O1)[C@@H](COC(=O)c1ccccc1)O[C@H]2N1CCC(=O)NC1=O. The minimum atomic E-state index is -0.860. The highest BCUT2D eigenvalue weighted by molar-refractivity contribution is 5.96. The van der Waals surface area contributed by atoms with E-state index >= 15 is 0 Å². The molecule has 0 bridgehead atoms. The summed E-state index contributed by atoms with van der Waals surface area (Å²) in [6.07, 6.45) is -2.21. The van der Waals surface area contributed by atoms with Gasteiger partial charge in [0.25, 0.3) is 0 Å². The molecule has 0 aliphatic carbocycles. The van der Waals surface area contributed by atoms with Crippen LogP contribution in [0.3, 0.4) is 0 Å². The Morgan fingerprint density at radius 2 is 1.93 bits per heavy atom. The molecule has 3 aliphatic heterocycles. The first-order chi connectivity index (χ1) is 13.3. The molecule has 150 valence electrons. The minimum Gasteiger partial charge on any atom is -0.459 e. The van der Waals surface area contributed by atoms with Crippen molar-refractivity contribution in [1.82, 2.24) is 10.2 Å². The fourth-order valence-electron chi connectivity index (χ4n) is 3.68. The summed E-state index contributed by atoms with van der Waals surface area (Å²) in [5.74, 6) is -1.65. The number of fused-ring (bicyclic) bond motifs is 1. The van der Waals surface area contributed by atoms with Crippen LogP contribution < -0.4 is 5.32 Å². The third-order valence-corrected chi connectivity index (χ3v) is 4.91. The molecule has 0 spiro atoms. The molecule has 3 saturated heterocycles. The first kappa shape index (κ1) is 18.9. The predicted octanol–water partition coefficient (Wildman–Crippen LogP) is 1.03. The highest BCUT2D eigenvalue weighted by Gasteiger charge is 2.58. The minimum absolute atomic E-state index is 0.0424. The van der Waals surface area contributed by atoms with Crippen molar-refractivity contribution in [3.05, 3.63) is 35.9 Å². The largest absolute Gasteiger partial charge is 0.459 e. The zero-order valence-electron chi connectivity index (χ0n) is 15.6. The van der Waals surface area contributed by atoms with Crippen molar-refractivity contribution >= 4 is 17.9 Å². The van der Waals surface area contributed by atoms with E-state index in [2.05, 4.69) is 5.32 Å². The average Bonchev–Trinajstić information content (AvgIpc) is 3.14. The number of rotatable bonds is 4. The zero-order valence-corrected chi connectivity index (χ0v) is 15.6. The number of urea groups is 1. The molecule has 4 rings (SSSR count). The van der Waals surface area contributed by atoms with E-state index in [0.717, 1.165) is 0 Å². The van der Waals surface area contributed by atoms with Crippen LogP contribution in [0.2, 0.25) is 0 Å². The quantitative estimate of drug-likeness (QED) is 0.766. The van der Waals surface area contributed by atoms with Gasteiger partial charge in [0.05, 0.1) is 5.56 Å². The summed E-state index contributed by atoms with van der Waals surface area (Å²) in [4.78, 5) is 37.3. The maximum atomic E-state index is 12.2. The van der Waals surface area contributed by atoms with Crippen molar-refractivity contribution in [2.45, 2.75) is 50.6 Å². The van der Waals surface area contributed by atoms with Gasteiger partial charge in [0.2, 0.25) is 5.91 Å². The Morgan fingerprint density at radius 3 is 2.64 bits per heavy atom. The van der Waals surface area contributed by atoms with E-state index in [-0.39, 0.29) is 25.5 Å². The first-order valence-electron chi connectivity index (χ1n) is 9.18. The fourth-order valence-corrected chi connectivity index (χ4v) is 3.68. The summed E-state index contributed by atoms with van der Waals surface area (Å²) in [6.45, 7) is 3.72. The number of nitrogens with zero attached hydrogens (tertiary/aromatic N) is 1. The second-order valence-corrected chi connectivity index (χ2v) is 7.39. The molecule has 9 heteroatoms. The van der Waals surface area contributed by atoms with Crippen LogP contribution in [0.1, 0.15) is 30.6 Å². The molecule has 3 heterocycles. The number of hydrogen-bond acceptors (Lipinski definition) is 7. The summed E-state index contributed by atoms with van der Waals surface area (Å²) in [5, 5.41) is 2.28. The summed E-state index contributed by atoms with van der Waals surface area (Å²) >= 11 is 0. The van der Waals surface area contributed by atoms with E-state index in [9.17, 15) is 14.4 Å². The highest BCUT2D eigenvalue weighted by Crippen LogP contribution is 2.40. The van der Waals surface area contributed by atoms with E-state index < -0.39 is 42.3 Å². The Morgan fingerprint density at radius 1 is 1.21 bits per heavy atom. The Balaban J connectivity index is 1.46. The number of benzene rings is 1. The second-order valence-electron chi connectivity index (χ2n) is 7.39. The van der Waals surface area contributed by atoms with E-state index in [4.69, 9.17) is 18.9 Å². The maximum Gasteiger partial charge on any atom is 0.338 e. The summed E-state index contributed by atoms with van der Waals surface area (Å²) in [5.41, 5.74) is 0.437. The van der Waals surface area contributed by atoms with E-state index in [1.54, 1.807) is 38.1 Å². The van der Waals surface area contributed by atoms with Gasteiger partial charge in [-0.3, -0.25) is 15.0 Å². The van der Waals surface area contributed by atoms with Crippen LogP contribution in [0, 0.1) is 0 Å². The predicted molar refractivity (Wildman–Crippen MR) is 94.1 cm³/mol. The molecule has 9 nitrogen and oxygen atoms in total. The van der Waals surface area contributed by atoms with E-state index in [1.807, 2.05) is 6.07 Å². The zero-order chi connectivity index (χ0) is 19.9. The maximum absolute atomic E-state index is 12.2.